The third-order valence-electron chi connectivity index (χ3n) is 3.66. The Hall–Kier alpha value is -2.87. The minimum Gasteiger partial charge on any atom is -0.397 e. The Balaban J connectivity index is 1.97. The number of hydrogen-bond acceptors (Lipinski definition) is 5. The number of sulfonamides is 1. The van der Waals surface area contributed by atoms with E-state index >= 15 is 0 Å². The molecule has 0 amide bonds. The predicted molar refractivity (Wildman–Crippen MR) is 93.6 cm³/mol. The number of allylic oxidation sites excluding steroid dienone is 1. The molecule has 2 aromatic heterocycles. The van der Waals surface area contributed by atoms with Crippen LogP contribution in [0.15, 0.2) is 53.7 Å². The van der Waals surface area contributed by atoms with E-state index in [-0.39, 0.29) is 4.90 Å². The van der Waals surface area contributed by atoms with Gasteiger partial charge >= 0.3 is 0 Å². The van der Waals surface area contributed by atoms with Crippen molar-refractivity contribution >= 4 is 32.3 Å². The Bertz CT molecular complexity index is 1020. The molecule has 0 fully saturated rings. The molecule has 0 bridgehead atoms. The molecule has 0 saturated carbocycles. The lowest BCUT2D eigenvalue weighted by Crippen LogP contribution is -2.14. The normalized spacial score (nSPS) is 12.5. The zero-order valence-corrected chi connectivity index (χ0v) is 14.1. The number of benzene rings is 1. The predicted octanol–water partition coefficient (Wildman–Crippen LogP) is 2.09. The molecule has 124 valence electrons. The summed E-state index contributed by atoms with van der Waals surface area (Å²) >= 11 is 0. The number of fused-ring (bicyclic) bond motifs is 1. The SMILES string of the molecule is C/C=C(\N)c1ccc(S(=O)(=O)Nc2cccc3cnn(C)c23)cn1. The fourth-order valence-corrected chi connectivity index (χ4v) is 3.39. The average molecular weight is 343 g/mol. The molecule has 0 aliphatic rings. The highest BCUT2D eigenvalue weighted by molar-refractivity contribution is 7.92. The van der Waals surface area contributed by atoms with E-state index in [9.17, 15) is 8.42 Å². The summed E-state index contributed by atoms with van der Waals surface area (Å²) in [5, 5.41) is 5.00. The van der Waals surface area contributed by atoms with Gasteiger partial charge in [0.25, 0.3) is 10.0 Å². The second-order valence-corrected chi connectivity index (χ2v) is 6.92. The first kappa shape index (κ1) is 16.0. The number of pyridine rings is 1. The number of aryl methyl sites for hydroxylation is 1. The largest absolute Gasteiger partial charge is 0.397 e. The number of para-hydroxylation sites is 1. The average Bonchev–Trinajstić information content (AvgIpc) is 2.96. The minimum atomic E-state index is -3.76. The number of hydrogen-bond donors (Lipinski definition) is 2. The van der Waals surface area contributed by atoms with Crippen LogP contribution < -0.4 is 10.5 Å². The van der Waals surface area contributed by atoms with Crippen LogP contribution in [-0.2, 0) is 17.1 Å². The molecular formula is C16H17N5O2S. The third-order valence-corrected chi connectivity index (χ3v) is 5.01. The van der Waals surface area contributed by atoms with Gasteiger partial charge in [-0.1, -0.05) is 18.2 Å². The van der Waals surface area contributed by atoms with Gasteiger partial charge in [0.05, 0.1) is 28.8 Å². The second kappa shape index (κ2) is 5.97. The summed E-state index contributed by atoms with van der Waals surface area (Å²) in [4.78, 5) is 4.16. The highest BCUT2D eigenvalue weighted by atomic mass is 32.2. The van der Waals surface area contributed by atoms with Crippen LogP contribution in [-0.4, -0.2) is 23.2 Å². The fourth-order valence-electron chi connectivity index (χ4n) is 2.38. The summed E-state index contributed by atoms with van der Waals surface area (Å²) in [6.07, 6.45) is 4.68. The lowest BCUT2D eigenvalue weighted by molar-refractivity contribution is 0.601. The maximum absolute atomic E-state index is 12.6. The summed E-state index contributed by atoms with van der Waals surface area (Å²) in [5.74, 6) is 0. The Kier molecular flexibility index (Phi) is 3.98. The Morgan fingerprint density at radius 1 is 1.25 bits per heavy atom. The molecule has 0 unspecified atom stereocenters. The number of aromatic nitrogens is 3. The molecule has 24 heavy (non-hydrogen) atoms. The Morgan fingerprint density at radius 3 is 2.71 bits per heavy atom. The van der Waals surface area contributed by atoms with E-state index in [2.05, 4.69) is 14.8 Å². The lowest BCUT2D eigenvalue weighted by Gasteiger charge is -2.10. The van der Waals surface area contributed by atoms with Gasteiger partial charge in [-0.2, -0.15) is 5.10 Å². The van der Waals surface area contributed by atoms with Crippen LogP contribution in [0.5, 0.6) is 0 Å². The van der Waals surface area contributed by atoms with Crippen molar-refractivity contribution in [3.63, 3.8) is 0 Å². The molecule has 2 heterocycles. The summed E-state index contributed by atoms with van der Waals surface area (Å²) in [7, 11) is -2.00. The molecule has 3 aromatic rings. The number of anilines is 1. The zero-order valence-electron chi connectivity index (χ0n) is 13.3. The molecule has 8 heteroatoms. The minimum absolute atomic E-state index is 0.0642. The van der Waals surface area contributed by atoms with Crippen LogP contribution in [0, 0.1) is 0 Å². The number of nitrogens with zero attached hydrogens (tertiary/aromatic N) is 3. The van der Waals surface area contributed by atoms with Gasteiger partial charge in [-0.3, -0.25) is 14.4 Å². The van der Waals surface area contributed by atoms with Crippen LogP contribution in [0.4, 0.5) is 5.69 Å². The molecule has 0 aliphatic heterocycles. The third kappa shape index (κ3) is 2.83. The molecule has 0 radical (unpaired) electrons. The number of rotatable bonds is 4. The van der Waals surface area contributed by atoms with Crippen molar-refractivity contribution in [1.29, 1.82) is 0 Å². The van der Waals surface area contributed by atoms with Gasteiger partial charge in [-0.15, -0.1) is 0 Å². The van der Waals surface area contributed by atoms with Crippen molar-refractivity contribution in [1.82, 2.24) is 14.8 Å². The van der Waals surface area contributed by atoms with E-state index in [0.717, 1.165) is 5.39 Å². The smallest absolute Gasteiger partial charge is 0.263 e. The quantitative estimate of drug-likeness (QED) is 0.755. The Labute approximate surface area is 139 Å². The molecule has 3 rings (SSSR count). The molecule has 3 N–H and O–H groups in total. The van der Waals surface area contributed by atoms with Crippen molar-refractivity contribution in [3.8, 4) is 0 Å². The molecule has 0 saturated heterocycles. The molecule has 7 nitrogen and oxygen atoms in total. The molecule has 0 atom stereocenters. The maximum Gasteiger partial charge on any atom is 0.263 e. The van der Waals surface area contributed by atoms with Gasteiger partial charge in [0.1, 0.15) is 4.90 Å². The first-order chi connectivity index (χ1) is 11.4. The maximum atomic E-state index is 12.6. The standard InChI is InChI=1S/C16H17N5O2S/c1-3-13(17)14-8-7-12(10-18-14)24(22,23)20-15-6-4-5-11-9-19-21(2)16(11)15/h3-10,20H,17H2,1-2H3/b13-3-. The van der Waals surface area contributed by atoms with Crippen LogP contribution in [0.2, 0.25) is 0 Å². The van der Waals surface area contributed by atoms with Crippen molar-refractivity contribution in [3.05, 3.63) is 54.5 Å². The first-order valence-electron chi connectivity index (χ1n) is 7.24. The summed E-state index contributed by atoms with van der Waals surface area (Å²) < 4.78 is 29.4. The highest BCUT2D eigenvalue weighted by Gasteiger charge is 2.17. The monoisotopic (exact) mass is 343 g/mol. The van der Waals surface area contributed by atoms with Gasteiger partial charge in [0.2, 0.25) is 0 Å². The van der Waals surface area contributed by atoms with Gasteiger partial charge in [0, 0.05) is 18.6 Å². The number of nitrogens with one attached hydrogen (secondary N) is 1. The van der Waals surface area contributed by atoms with Crippen LogP contribution in [0.1, 0.15) is 12.6 Å². The van der Waals surface area contributed by atoms with Crippen LogP contribution in [0.3, 0.4) is 0 Å². The van der Waals surface area contributed by atoms with Gasteiger partial charge in [-0.25, -0.2) is 8.42 Å². The van der Waals surface area contributed by atoms with Gasteiger partial charge in [0.15, 0.2) is 0 Å². The van der Waals surface area contributed by atoms with Gasteiger partial charge < -0.3 is 5.73 Å². The van der Waals surface area contributed by atoms with Crippen LogP contribution >= 0.6 is 0 Å². The molecule has 0 aliphatic carbocycles. The van der Waals surface area contributed by atoms with Crippen molar-refractivity contribution < 1.29 is 8.42 Å². The van der Waals surface area contributed by atoms with E-state index in [0.29, 0.717) is 22.6 Å². The fraction of sp³-hybridized carbons (Fsp3) is 0.125. The lowest BCUT2D eigenvalue weighted by atomic mass is 10.2. The highest BCUT2D eigenvalue weighted by Crippen LogP contribution is 2.25. The zero-order chi connectivity index (χ0) is 17.3. The van der Waals surface area contributed by atoms with E-state index in [4.69, 9.17) is 5.73 Å². The molecular weight excluding hydrogens is 326 g/mol. The van der Waals surface area contributed by atoms with E-state index in [1.54, 1.807) is 49.1 Å². The molecule has 0 spiro atoms. The van der Waals surface area contributed by atoms with Crippen molar-refractivity contribution in [2.45, 2.75) is 11.8 Å². The van der Waals surface area contributed by atoms with Crippen molar-refractivity contribution in [2.75, 3.05) is 4.72 Å². The topological polar surface area (TPSA) is 103 Å². The summed E-state index contributed by atoms with van der Waals surface area (Å²) in [5.41, 5.74) is 7.97. The van der Waals surface area contributed by atoms with E-state index < -0.39 is 10.0 Å². The number of nitrogens with two attached hydrogens (primary N) is 1. The summed E-state index contributed by atoms with van der Waals surface area (Å²) in [6, 6.07) is 8.40. The Morgan fingerprint density at radius 2 is 2.04 bits per heavy atom. The van der Waals surface area contributed by atoms with E-state index in [1.807, 2.05) is 6.07 Å². The molecule has 1 aromatic carbocycles. The summed E-state index contributed by atoms with van der Waals surface area (Å²) in [6.45, 7) is 1.79. The second-order valence-electron chi connectivity index (χ2n) is 5.24. The van der Waals surface area contributed by atoms with Gasteiger partial charge in [-0.05, 0) is 25.1 Å². The van der Waals surface area contributed by atoms with Crippen molar-refractivity contribution in [2.24, 2.45) is 12.8 Å². The van der Waals surface area contributed by atoms with E-state index in [1.165, 1.54) is 12.3 Å². The first-order valence-corrected chi connectivity index (χ1v) is 8.72. The van der Waals surface area contributed by atoms with Crippen LogP contribution in [0.25, 0.3) is 16.6 Å².